The molecule has 1 atom stereocenters. The molecule has 0 saturated heterocycles. The zero-order valence-electron chi connectivity index (χ0n) is 9.98. The van der Waals surface area contributed by atoms with Crippen LogP contribution in [0.5, 0.6) is 0 Å². The summed E-state index contributed by atoms with van der Waals surface area (Å²) < 4.78 is 0.651. The van der Waals surface area contributed by atoms with E-state index < -0.39 is 0 Å². The monoisotopic (exact) mass is 476 g/mol. The molecule has 2 aromatic rings. The molecule has 1 aliphatic carbocycles. The molecule has 3 rings (SSSR count). The Kier molecular flexibility index (Phi) is 8.23. The summed E-state index contributed by atoms with van der Waals surface area (Å²) in [5.41, 5.74) is 5.78. The van der Waals surface area contributed by atoms with Crippen LogP contribution in [0.1, 0.15) is 20.4 Å². The van der Waals surface area contributed by atoms with E-state index in [1.165, 1.54) is 46.6 Å². The van der Waals surface area contributed by atoms with Gasteiger partial charge in [0, 0.05) is 0 Å². The van der Waals surface area contributed by atoms with E-state index in [-0.39, 0.29) is 37.2 Å². The van der Waals surface area contributed by atoms with Crippen LogP contribution in [0.15, 0.2) is 54.6 Å². The molecule has 0 radical (unpaired) electrons. The summed E-state index contributed by atoms with van der Waals surface area (Å²) in [6.45, 7) is 0. The van der Waals surface area contributed by atoms with Crippen molar-refractivity contribution in [1.29, 1.82) is 0 Å². The van der Waals surface area contributed by atoms with Gasteiger partial charge in [0.15, 0.2) is 0 Å². The van der Waals surface area contributed by atoms with Crippen molar-refractivity contribution in [3.05, 3.63) is 71.3 Å². The van der Waals surface area contributed by atoms with Gasteiger partial charge in [-0.3, -0.25) is 0 Å². The molecule has 19 heavy (non-hydrogen) atoms. The Morgan fingerprint density at radius 3 is 1.95 bits per heavy atom. The van der Waals surface area contributed by atoms with E-state index in [0.29, 0.717) is 3.67 Å². The molecule has 1 aliphatic rings. The van der Waals surface area contributed by atoms with Crippen molar-refractivity contribution in [1.82, 2.24) is 0 Å². The second-order valence-corrected chi connectivity index (χ2v) is 6.10. The topological polar surface area (TPSA) is 0 Å². The summed E-state index contributed by atoms with van der Waals surface area (Å²) in [4.78, 5) is 0. The molecule has 2 aromatic carbocycles. The molecule has 0 spiro atoms. The zero-order chi connectivity index (χ0) is 11.0. The number of hydrogen-bond donors (Lipinski definition) is 0. The number of allylic oxidation sites excluding steroid dienone is 1. The molecule has 0 nitrogen and oxygen atoms in total. The van der Waals surface area contributed by atoms with Gasteiger partial charge in [0.05, 0.1) is 0 Å². The summed E-state index contributed by atoms with van der Waals surface area (Å²) in [7, 11) is 0. The van der Waals surface area contributed by atoms with Gasteiger partial charge < -0.3 is 37.2 Å². The fraction of sp³-hybridized carbons (Fsp3) is 0.0667. The molecule has 96 valence electrons. The van der Waals surface area contributed by atoms with Crippen LogP contribution >= 0.6 is 0 Å². The predicted octanol–water partition coefficient (Wildman–Crippen LogP) is -5.16. The van der Waals surface area contributed by atoms with Gasteiger partial charge in [0.25, 0.3) is 0 Å². The molecule has 1 unspecified atom stereocenters. The SMILES string of the molecule is [Cl-].[Cl-].[Cl-].[Hf+3][CH]1C(c2ccccc2)=Cc2ccccc21. The van der Waals surface area contributed by atoms with Crippen LogP contribution in [-0.2, 0) is 24.4 Å². The second kappa shape index (κ2) is 8.26. The summed E-state index contributed by atoms with van der Waals surface area (Å²) in [6, 6.07) is 19.5. The Morgan fingerprint density at radius 1 is 0.737 bits per heavy atom. The first kappa shape index (κ1) is 18.9. The van der Waals surface area contributed by atoms with Crippen LogP contribution in [0.3, 0.4) is 0 Å². The minimum absolute atomic E-state index is 0. The first-order valence-electron chi connectivity index (χ1n) is 5.43. The molecule has 0 amide bonds. The minimum atomic E-state index is 0. The van der Waals surface area contributed by atoms with Crippen molar-refractivity contribution in [3.63, 3.8) is 0 Å². The van der Waals surface area contributed by atoms with Crippen LogP contribution in [0.25, 0.3) is 11.6 Å². The molecular formula is C15H11Cl3Hf. The van der Waals surface area contributed by atoms with Crippen molar-refractivity contribution in [2.24, 2.45) is 0 Å². The van der Waals surface area contributed by atoms with Gasteiger partial charge >= 0.3 is 111 Å². The Labute approximate surface area is 147 Å². The van der Waals surface area contributed by atoms with Gasteiger partial charge in [-0.2, -0.15) is 0 Å². The Balaban J connectivity index is 0.00000108. The maximum absolute atomic E-state index is 2.35. The average Bonchev–Trinajstić information content (AvgIpc) is 2.69. The van der Waals surface area contributed by atoms with E-state index in [1.807, 2.05) is 0 Å². The molecule has 0 fully saturated rings. The Morgan fingerprint density at radius 2 is 1.32 bits per heavy atom. The number of benzene rings is 2. The normalized spacial score (nSPS) is 15.3. The van der Waals surface area contributed by atoms with Crippen molar-refractivity contribution >= 4 is 11.6 Å². The summed E-state index contributed by atoms with van der Waals surface area (Å²) >= 11 is 1.18. The fourth-order valence-electron chi connectivity index (χ4n) is 2.20. The molecule has 0 heterocycles. The van der Waals surface area contributed by atoms with Gasteiger partial charge in [-0.25, -0.2) is 0 Å². The first-order valence-corrected chi connectivity index (χ1v) is 7.51. The third-order valence-electron chi connectivity index (χ3n) is 3.04. The molecule has 0 aromatic heterocycles. The van der Waals surface area contributed by atoms with Crippen molar-refractivity contribution in [2.45, 2.75) is 3.67 Å². The fourth-order valence-corrected chi connectivity index (χ4v) is 4.05. The third-order valence-corrected chi connectivity index (χ3v) is 5.27. The van der Waals surface area contributed by atoms with Gasteiger partial charge in [-0.1, -0.05) is 0 Å². The number of rotatable bonds is 1. The van der Waals surface area contributed by atoms with E-state index in [2.05, 4.69) is 60.7 Å². The number of halogens is 3. The van der Waals surface area contributed by atoms with E-state index in [9.17, 15) is 0 Å². The summed E-state index contributed by atoms with van der Waals surface area (Å²) in [6.07, 6.45) is 2.35. The Hall–Kier alpha value is -0.0799. The van der Waals surface area contributed by atoms with E-state index in [0.717, 1.165) is 0 Å². The van der Waals surface area contributed by atoms with Crippen LogP contribution in [0, 0.1) is 0 Å². The average molecular weight is 476 g/mol. The van der Waals surface area contributed by atoms with Crippen LogP contribution in [0.2, 0.25) is 0 Å². The van der Waals surface area contributed by atoms with E-state index in [1.54, 1.807) is 0 Å². The predicted molar refractivity (Wildman–Crippen MR) is 63.5 cm³/mol. The Bertz CT molecular complexity index is 552. The van der Waals surface area contributed by atoms with E-state index >= 15 is 0 Å². The first-order chi connectivity index (χ1) is 7.86. The van der Waals surface area contributed by atoms with Crippen molar-refractivity contribution in [3.8, 4) is 0 Å². The van der Waals surface area contributed by atoms with E-state index in [4.69, 9.17) is 0 Å². The molecule has 0 N–H and O–H groups in total. The summed E-state index contributed by atoms with van der Waals surface area (Å²) in [5.74, 6) is 0. The van der Waals surface area contributed by atoms with Gasteiger partial charge in [-0.05, 0) is 0 Å². The van der Waals surface area contributed by atoms with Crippen molar-refractivity contribution < 1.29 is 61.6 Å². The number of fused-ring (bicyclic) bond motifs is 1. The number of hydrogen-bond acceptors (Lipinski definition) is 0. The maximum atomic E-state index is 2.35. The van der Waals surface area contributed by atoms with Crippen LogP contribution < -0.4 is 37.2 Å². The third kappa shape index (κ3) is 3.72. The summed E-state index contributed by atoms with van der Waals surface area (Å²) in [5, 5.41) is 0. The van der Waals surface area contributed by atoms with Crippen molar-refractivity contribution in [2.75, 3.05) is 0 Å². The molecule has 4 heteroatoms. The van der Waals surface area contributed by atoms with Crippen LogP contribution in [0.4, 0.5) is 0 Å². The van der Waals surface area contributed by atoms with Crippen LogP contribution in [-0.4, -0.2) is 0 Å². The van der Waals surface area contributed by atoms with Gasteiger partial charge in [-0.15, -0.1) is 0 Å². The molecular weight excluding hydrogens is 465 g/mol. The molecule has 0 saturated carbocycles. The molecule has 0 aliphatic heterocycles. The van der Waals surface area contributed by atoms with Gasteiger partial charge in [0.2, 0.25) is 0 Å². The standard InChI is InChI=1S/C15H11.3ClH.Hf/c1-2-6-12(7-3-1)15-10-13-8-4-5-9-14(13)11-15;;;;/h1-11H;3*1H;/q;;;;+3/p-3. The molecule has 0 bridgehead atoms. The zero-order valence-corrected chi connectivity index (χ0v) is 15.8. The van der Waals surface area contributed by atoms with Gasteiger partial charge in [0.1, 0.15) is 0 Å². The quantitative estimate of drug-likeness (QED) is 0.362. The second-order valence-electron chi connectivity index (χ2n) is 4.03.